The van der Waals surface area contributed by atoms with Crippen LogP contribution in [0.5, 0.6) is 0 Å². The quantitative estimate of drug-likeness (QED) is 0.459. The van der Waals surface area contributed by atoms with Gasteiger partial charge in [0.05, 0.1) is 12.1 Å². The third-order valence-electron chi connectivity index (χ3n) is 4.00. The topological polar surface area (TPSA) is 61.8 Å². The second-order valence-electron chi connectivity index (χ2n) is 5.64. The maximum absolute atomic E-state index is 13.5. The standard InChI is InChI=1S/C15H11BrF4N4O2/c1-22-11-10(12(25)23(2)14(22)26)24(13(16)21-11)6-7-5-8(17)3-4-9(7)15(18,19)20/h3-5H,6H2,1-2H3. The zero-order chi connectivity index (χ0) is 19.4. The number of aromatic nitrogens is 4. The fourth-order valence-corrected chi connectivity index (χ4v) is 3.17. The molecule has 0 amide bonds. The van der Waals surface area contributed by atoms with E-state index in [0.29, 0.717) is 6.07 Å². The van der Waals surface area contributed by atoms with Gasteiger partial charge in [0.1, 0.15) is 5.82 Å². The molecule has 11 heteroatoms. The molecule has 0 aliphatic carbocycles. The van der Waals surface area contributed by atoms with E-state index in [1.54, 1.807) is 0 Å². The highest BCUT2D eigenvalue weighted by atomic mass is 79.9. The number of aryl methyl sites for hydroxylation is 1. The first-order valence-electron chi connectivity index (χ1n) is 7.19. The first kappa shape index (κ1) is 18.4. The zero-order valence-electron chi connectivity index (χ0n) is 13.4. The maximum atomic E-state index is 13.5. The number of imidazole rings is 1. The van der Waals surface area contributed by atoms with Gasteiger partial charge >= 0.3 is 11.9 Å². The van der Waals surface area contributed by atoms with E-state index in [-0.39, 0.29) is 21.5 Å². The summed E-state index contributed by atoms with van der Waals surface area (Å²) in [5, 5.41) is 0. The lowest BCUT2D eigenvalue weighted by atomic mass is 10.1. The number of hydrogen-bond acceptors (Lipinski definition) is 3. The molecule has 6 nitrogen and oxygen atoms in total. The average molecular weight is 435 g/mol. The summed E-state index contributed by atoms with van der Waals surface area (Å²) in [7, 11) is 2.63. The van der Waals surface area contributed by atoms with Crippen LogP contribution in [0.25, 0.3) is 11.2 Å². The van der Waals surface area contributed by atoms with Crippen molar-refractivity contribution >= 4 is 27.1 Å². The number of fused-ring (bicyclic) bond motifs is 1. The highest BCUT2D eigenvalue weighted by Gasteiger charge is 2.34. The number of hydrogen-bond donors (Lipinski definition) is 0. The normalized spacial score (nSPS) is 12.1. The van der Waals surface area contributed by atoms with E-state index in [4.69, 9.17) is 0 Å². The highest BCUT2D eigenvalue weighted by Crippen LogP contribution is 2.33. The number of benzene rings is 1. The summed E-state index contributed by atoms with van der Waals surface area (Å²) in [6.45, 7) is -0.461. The van der Waals surface area contributed by atoms with Crippen LogP contribution in [0.1, 0.15) is 11.1 Å². The molecular weight excluding hydrogens is 424 g/mol. The molecular formula is C15H11BrF4N4O2. The van der Waals surface area contributed by atoms with Crippen molar-refractivity contribution in [2.75, 3.05) is 0 Å². The lowest BCUT2D eigenvalue weighted by Gasteiger charge is -2.14. The third-order valence-corrected chi connectivity index (χ3v) is 4.61. The predicted molar refractivity (Wildman–Crippen MR) is 88.4 cm³/mol. The van der Waals surface area contributed by atoms with Crippen LogP contribution in [0.3, 0.4) is 0 Å². The Kier molecular flexibility index (Phi) is 4.29. The second-order valence-corrected chi connectivity index (χ2v) is 6.35. The van der Waals surface area contributed by atoms with E-state index in [9.17, 15) is 27.2 Å². The lowest BCUT2D eigenvalue weighted by Crippen LogP contribution is -2.37. The molecule has 0 aliphatic heterocycles. The number of rotatable bonds is 2. The minimum Gasteiger partial charge on any atom is -0.308 e. The first-order valence-corrected chi connectivity index (χ1v) is 7.99. The van der Waals surface area contributed by atoms with E-state index in [0.717, 1.165) is 21.3 Å². The summed E-state index contributed by atoms with van der Waals surface area (Å²) >= 11 is 3.09. The molecule has 0 spiro atoms. The van der Waals surface area contributed by atoms with Crippen LogP contribution in [-0.2, 0) is 26.8 Å². The summed E-state index contributed by atoms with van der Waals surface area (Å²) in [6, 6.07) is 2.12. The van der Waals surface area contributed by atoms with Gasteiger partial charge in [-0.15, -0.1) is 0 Å². The molecule has 0 saturated heterocycles. The minimum absolute atomic E-state index is 0.00920. The van der Waals surface area contributed by atoms with Gasteiger partial charge in [-0.2, -0.15) is 13.2 Å². The molecule has 3 rings (SSSR count). The fourth-order valence-electron chi connectivity index (χ4n) is 2.70. The molecule has 0 fully saturated rings. The molecule has 3 aromatic rings. The first-order chi connectivity index (χ1) is 12.0. The molecule has 0 atom stereocenters. The monoisotopic (exact) mass is 434 g/mol. The van der Waals surface area contributed by atoms with Crippen molar-refractivity contribution in [1.29, 1.82) is 0 Å². The molecule has 0 radical (unpaired) electrons. The predicted octanol–water partition coefficient (Wildman–Crippen LogP) is 2.40. The van der Waals surface area contributed by atoms with Gasteiger partial charge in [0.2, 0.25) is 0 Å². The Bertz CT molecular complexity index is 1140. The Morgan fingerprint density at radius 3 is 2.42 bits per heavy atom. The van der Waals surface area contributed by atoms with Gasteiger partial charge in [0, 0.05) is 14.1 Å². The van der Waals surface area contributed by atoms with Gasteiger partial charge in [0.15, 0.2) is 15.9 Å². The van der Waals surface area contributed by atoms with Crippen molar-refractivity contribution in [3.05, 3.63) is 60.7 Å². The van der Waals surface area contributed by atoms with Crippen LogP contribution in [0.4, 0.5) is 17.6 Å². The zero-order valence-corrected chi connectivity index (χ0v) is 15.0. The van der Waals surface area contributed by atoms with Crippen molar-refractivity contribution in [2.45, 2.75) is 12.7 Å². The molecule has 0 unspecified atom stereocenters. The summed E-state index contributed by atoms with van der Waals surface area (Å²) in [4.78, 5) is 28.5. The summed E-state index contributed by atoms with van der Waals surface area (Å²) in [5.74, 6) is -0.839. The van der Waals surface area contributed by atoms with Gasteiger partial charge in [-0.25, -0.2) is 14.2 Å². The Morgan fingerprint density at radius 1 is 1.15 bits per heavy atom. The molecule has 138 valence electrons. The molecule has 26 heavy (non-hydrogen) atoms. The average Bonchev–Trinajstić information content (AvgIpc) is 2.87. The van der Waals surface area contributed by atoms with Crippen LogP contribution < -0.4 is 11.2 Å². The van der Waals surface area contributed by atoms with E-state index < -0.39 is 35.4 Å². The van der Waals surface area contributed by atoms with Gasteiger partial charge in [-0.3, -0.25) is 13.9 Å². The Balaban J connectivity index is 2.30. The summed E-state index contributed by atoms with van der Waals surface area (Å²) in [5.41, 5.74) is -2.79. The molecule has 2 heterocycles. The molecule has 2 aromatic heterocycles. The van der Waals surface area contributed by atoms with Crippen molar-refractivity contribution in [3.8, 4) is 0 Å². The van der Waals surface area contributed by atoms with Crippen molar-refractivity contribution in [1.82, 2.24) is 18.7 Å². The van der Waals surface area contributed by atoms with Crippen LogP contribution in [0.15, 0.2) is 32.5 Å². The van der Waals surface area contributed by atoms with Gasteiger partial charge in [0.25, 0.3) is 5.56 Å². The van der Waals surface area contributed by atoms with E-state index in [1.165, 1.54) is 18.7 Å². The van der Waals surface area contributed by atoms with Gasteiger partial charge < -0.3 is 4.57 Å². The second kappa shape index (κ2) is 6.08. The Hall–Kier alpha value is -2.43. The van der Waals surface area contributed by atoms with Crippen LogP contribution >= 0.6 is 15.9 Å². The smallest absolute Gasteiger partial charge is 0.308 e. The summed E-state index contributed by atoms with van der Waals surface area (Å²) in [6.07, 6.45) is -4.69. The van der Waals surface area contributed by atoms with Crippen LogP contribution in [-0.4, -0.2) is 18.7 Å². The van der Waals surface area contributed by atoms with E-state index in [1.807, 2.05) is 0 Å². The van der Waals surface area contributed by atoms with Crippen molar-refractivity contribution in [2.24, 2.45) is 14.1 Å². The van der Waals surface area contributed by atoms with Crippen molar-refractivity contribution < 1.29 is 17.6 Å². The third kappa shape index (κ3) is 2.85. The van der Waals surface area contributed by atoms with Gasteiger partial charge in [-0.05, 0) is 39.7 Å². The molecule has 0 bridgehead atoms. The van der Waals surface area contributed by atoms with Crippen LogP contribution in [0.2, 0.25) is 0 Å². The molecule has 1 aromatic carbocycles. The lowest BCUT2D eigenvalue weighted by molar-refractivity contribution is -0.138. The molecule has 0 aliphatic rings. The largest absolute Gasteiger partial charge is 0.416 e. The minimum atomic E-state index is -4.69. The molecule has 0 N–H and O–H groups in total. The highest BCUT2D eigenvalue weighted by molar-refractivity contribution is 9.10. The Labute approximate surface area is 151 Å². The van der Waals surface area contributed by atoms with Crippen molar-refractivity contribution in [3.63, 3.8) is 0 Å². The number of nitrogens with zero attached hydrogens (tertiary/aromatic N) is 4. The van der Waals surface area contributed by atoms with E-state index >= 15 is 0 Å². The van der Waals surface area contributed by atoms with Gasteiger partial charge in [-0.1, -0.05) is 0 Å². The molecule has 0 saturated carbocycles. The maximum Gasteiger partial charge on any atom is 0.416 e. The summed E-state index contributed by atoms with van der Waals surface area (Å²) < 4.78 is 56.3. The Morgan fingerprint density at radius 2 is 1.81 bits per heavy atom. The SMILES string of the molecule is Cn1c(=O)c2c(nc(Br)n2Cc2cc(F)ccc2C(F)(F)F)n(C)c1=O. The number of alkyl halides is 3. The number of halogens is 5. The van der Waals surface area contributed by atoms with Crippen LogP contribution in [0, 0.1) is 5.82 Å². The van der Waals surface area contributed by atoms with E-state index in [2.05, 4.69) is 20.9 Å². The fraction of sp³-hybridized carbons (Fsp3) is 0.267.